The second-order valence-electron chi connectivity index (χ2n) is 5.70. The Morgan fingerprint density at radius 3 is 2.92 bits per heavy atom. The molecule has 2 atom stereocenters. The number of anilines is 1. The fourth-order valence-corrected chi connectivity index (χ4v) is 2.85. The Hall–Kier alpha value is -1.59. The molecular weight excluding hydrogens is 473 g/mol. The van der Waals surface area contributed by atoms with Crippen LogP contribution in [0.15, 0.2) is 27.7 Å². The molecule has 2 heterocycles. The largest absolute Gasteiger partial charge is 0.495 e. The second-order valence-corrected chi connectivity index (χ2v) is 6.11. The lowest BCUT2D eigenvalue weighted by molar-refractivity contribution is 0.0309. The van der Waals surface area contributed by atoms with E-state index in [0.29, 0.717) is 35.0 Å². The molecule has 3 N–H and O–H groups in total. The van der Waals surface area contributed by atoms with Gasteiger partial charge in [-0.05, 0) is 38.0 Å². The summed E-state index contributed by atoms with van der Waals surface area (Å²) in [5.74, 6) is 2.01. The van der Waals surface area contributed by atoms with E-state index in [9.17, 15) is 0 Å². The number of nitrogens with zero attached hydrogens (tertiary/aromatic N) is 3. The lowest BCUT2D eigenvalue weighted by atomic mass is 10.2. The SMILES string of the molecule is COc1ccc(NC(N)=NC[C@H]2CC[C@@H](c3nc(C)no3)O2)cc1Cl.I. The van der Waals surface area contributed by atoms with Gasteiger partial charge < -0.3 is 25.0 Å². The number of halogens is 2. The number of nitrogens with two attached hydrogens (primary N) is 1. The van der Waals surface area contributed by atoms with E-state index in [1.54, 1.807) is 26.2 Å². The molecule has 2 aromatic rings. The first kappa shape index (κ1) is 20.7. The van der Waals surface area contributed by atoms with E-state index in [4.69, 9.17) is 31.3 Å². The predicted octanol–water partition coefficient (Wildman–Crippen LogP) is 3.30. The van der Waals surface area contributed by atoms with Crippen molar-refractivity contribution in [2.24, 2.45) is 10.7 Å². The lowest BCUT2D eigenvalue weighted by Crippen LogP contribution is -2.24. The molecule has 8 nitrogen and oxygen atoms in total. The number of guanidine groups is 1. The maximum Gasteiger partial charge on any atom is 0.255 e. The van der Waals surface area contributed by atoms with Crippen molar-refractivity contribution >= 4 is 47.2 Å². The topological polar surface area (TPSA) is 108 Å². The zero-order valence-corrected chi connectivity index (χ0v) is 17.5. The van der Waals surface area contributed by atoms with Crippen LogP contribution in [0.1, 0.15) is 30.7 Å². The quantitative estimate of drug-likeness (QED) is 0.374. The fraction of sp³-hybridized carbons (Fsp3) is 0.438. The molecule has 1 fully saturated rings. The summed E-state index contributed by atoms with van der Waals surface area (Å²) in [5.41, 5.74) is 6.66. The molecule has 0 aliphatic carbocycles. The molecule has 142 valence electrons. The number of hydrogen-bond acceptors (Lipinski definition) is 6. The molecule has 0 radical (unpaired) electrons. The molecule has 0 unspecified atom stereocenters. The minimum atomic E-state index is -0.170. The molecule has 0 amide bonds. The number of aromatic nitrogens is 2. The molecule has 1 aromatic heterocycles. The highest BCUT2D eigenvalue weighted by molar-refractivity contribution is 14.0. The zero-order valence-electron chi connectivity index (χ0n) is 14.4. The van der Waals surface area contributed by atoms with E-state index in [1.807, 2.05) is 6.07 Å². The number of benzene rings is 1. The predicted molar refractivity (Wildman–Crippen MR) is 109 cm³/mol. The van der Waals surface area contributed by atoms with E-state index in [0.717, 1.165) is 18.5 Å². The van der Waals surface area contributed by atoms with E-state index >= 15 is 0 Å². The van der Waals surface area contributed by atoms with Crippen molar-refractivity contribution in [3.05, 3.63) is 34.9 Å². The molecule has 1 aliphatic heterocycles. The minimum Gasteiger partial charge on any atom is -0.495 e. The van der Waals surface area contributed by atoms with Gasteiger partial charge in [-0.15, -0.1) is 24.0 Å². The van der Waals surface area contributed by atoms with Gasteiger partial charge in [-0.1, -0.05) is 16.8 Å². The van der Waals surface area contributed by atoms with Gasteiger partial charge >= 0.3 is 0 Å². The monoisotopic (exact) mass is 493 g/mol. The van der Waals surface area contributed by atoms with Crippen molar-refractivity contribution in [3.8, 4) is 5.75 Å². The molecule has 0 spiro atoms. The van der Waals surface area contributed by atoms with Crippen LogP contribution in [0.4, 0.5) is 5.69 Å². The summed E-state index contributed by atoms with van der Waals surface area (Å²) in [5, 5.41) is 7.28. The van der Waals surface area contributed by atoms with Gasteiger partial charge in [0.25, 0.3) is 5.89 Å². The molecule has 26 heavy (non-hydrogen) atoms. The Morgan fingerprint density at radius 1 is 1.46 bits per heavy atom. The second kappa shape index (κ2) is 9.38. The lowest BCUT2D eigenvalue weighted by Gasteiger charge is -2.11. The van der Waals surface area contributed by atoms with Crippen molar-refractivity contribution < 1.29 is 14.0 Å². The Morgan fingerprint density at radius 2 is 2.27 bits per heavy atom. The summed E-state index contributed by atoms with van der Waals surface area (Å²) in [7, 11) is 1.56. The summed E-state index contributed by atoms with van der Waals surface area (Å²) >= 11 is 6.08. The van der Waals surface area contributed by atoms with Crippen LogP contribution in [0.3, 0.4) is 0 Å². The van der Waals surface area contributed by atoms with Crippen LogP contribution in [-0.2, 0) is 4.74 Å². The third-order valence-electron chi connectivity index (χ3n) is 3.82. The molecule has 0 saturated carbocycles. The standard InChI is InChI=1S/C16H20ClN5O3.HI/c1-9-20-15(25-22-9)14-6-4-11(24-14)8-19-16(18)21-10-3-5-13(23-2)12(17)7-10;/h3,5,7,11,14H,4,6,8H2,1-2H3,(H3,18,19,21);1H/t11-,14+;/m1./s1. The third-order valence-corrected chi connectivity index (χ3v) is 4.11. The van der Waals surface area contributed by atoms with Crippen molar-refractivity contribution in [2.75, 3.05) is 19.0 Å². The maximum atomic E-state index is 6.08. The van der Waals surface area contributed by atoms with Crippen LogP contribution in [0.25, 0.3) is 0 Å². The van der Waals surface area contributed by atoms with E-state index in [-0.39, 0.29) is 36.2 Å². The Kier molecular flexibility index (Phi) is 7.47. The van der Waals surface area contributed by atoms with Crippen LogP contribution < -0.4 is 15.8 Å². The summed E-state index contributed by atoms with van der Waals surface area (Å²) in [6, 6.07) is 5.30. The van der Waals surface area contributed by atoms with E-state index in [1.165, 1.54) is 0 Å². The van der Waals surface area contributed by atoms with Crippen LogP contribution in [0, 0.1) is 6.92 Å². The Labute approximate surface area is 173 Å². The normalized spacial score (nSPS) is 19.9. The summed E-state index contributed by atoms with van der Waals surface area (Å²) in [4.78, 5) is 8.53. The maximum absolute atomic E-state index is 6.08. The molecular formula is C16H21ClIN5O3. The van der Waals surface area contributed by atoms with E-state index in [2.05, 4.69) is 20.4 Å². The smallest absolute Gasteiger partial charge is 0.255 e. The van der Waals surface area contributed by atoms with Crippen molar-refractivity contribution in [1.82, 2.24) is 10.1 Å². The van der Waals surface area contributed by atoms with Gasteiger partial charge in [0, 0.05) is 5.69 Å². The summed E-state index contributed by atoms with van der Waals surface area (Å²) in [6.07, 6.45) is 1.48. The summed E-state index contributed by atoms with van der Waals surface area (Å²) in [6.45, 7) is 2.23. The van der Waals surface area contributed by atoms with Crippen LogP contribution in [0.2, 0.25) is 5.02 Å². The molecule has 10 heteroatoms. The average Bonchev–Trinajstić information content (AvgIpc) is 3.22. The van der Waals surface area contributed by atoms with Gasteiger partial charge in [-0.2, -0.15) is 4.98 Å². The number of methoxy groups -OCH3 is 1. The number of aryl methyl sites for hydroxylation is 1. The fourth-order valence-electron chi connectivity index (χ4n) is 2.60. The minimum absolute atomic E-state index is 0. The molecule has 1 aliphatic rings. The van der Waals surface area contributed by atoms with Crippen molar-refractivity contribution in [2.45, 2.75) is 32.0 Å². The first-order valence-electron chi connectivity index (χ1n) is 7.91. The average molecular weight is 494 g/mol. The van der Waals surface area contributed by atoms with Crippen molar-refractivity contribution in [1.29, 1.82) is 0 Å². The van der Waals surface area contributed by atoms with Gasteiger partial charge in [-0.25, -0.2) is 0 Å². The van der Waals surface area contributed by atoms with Crippen molar-refractivity contribution in [3.63, 3.8) is 0 Å². The highest BCUT2D eigenvalue weighted by Crippen LogP contribution is 2.32. The van der Waals surface area contributed by atoms with Crippen LogP contribution >= 0.6 is 35.6 Å². The number of nitrogens with one attached hydrogen (secondary N) is 1. The first-order chi connectivity index (χ1) is 12.0. The van der Waals surface area contributed by atoms with Gasteiger partial charge in [-0.3, -0.25) is 4.99 Å². The van der Waals surface area contributed by atoms with Gasteiger partial charge in [0.1, 0.15) is 11.9 Å². The molecule has 0 bridgehead atoms. The molecule has 1 aromatic carbocycles. The highest BCUT2D eigenvalue weighted by Gasteiger charge is 2.30. The first-order valence-corrected chi connectivity index (χ1v) is 8.29. The number of aliphatic imine (C=N–C) groups is 1. The number of ether oxygens (including phenoxy) is 2. The van der Waals surface area contributed by atoms with Crippen LogP contribution in [0.5, 0.6) is 5.75 Å². The van der Waals surface area contributed by atoms with Gasteiger partial charge in [0.15, 0.2) is 11.8 Å². The molecule has 3 rings (SSSR count). The Bertz CT molecular complexity index is 770. The molecule has 1 saturated heterocycles. The zero-order chi connectivity index (χ0) is 17.8. The van der Waals surface area contributed by atoms with Gasteiger partial charge in [0.05, 0.1) is 24.8 Å². The Balaban J connectivity index is 0.00000243. The number of rotatable bonds is 5. The third kappa shape index (κ3) is 5.21. The van der Waals surface area contributed by atoms with Gasteiger partial charge in [0.2, 0.25) is 0 Å². The highest BCUT2D eigenvalue weighted by atomic mass is 127. The van der Waals surface area contributed by atoms with E-state index < -0.39 is 0 Å². The summed E-state index contributed by atoms with van der Waals surface area (Å²) < 4.78 is 16.1. The van der Waals surface area contributed by atoms with Crippen LogP contribution in [-0.4, -0.2) is 35.9 Å². The number of hydrogen-bond donors (Lipinski definition) is 2.